The van der Waals surface area contributed by atoms with Crippen LogP contribution >= 0.6 is 0 Å². The minimum absolute atomic E-state index is 0.0728. The zero-order valence-corrected chi connectivity index (χ0v) is 12.9. The SMILES string of the molecule is CC1(C)C(=O)Nc2ccc(C(=O)NCc3ccc(F)cc3)cc21. The lowest BCUT2D eigenvalue weighted by Gasteiger charge is -2.15. The van der Waals surface area contributed by atoms with Crippen LogP contribution in [-0.4, -0.2) is 11.8 Å². The highest BCUT2D eigenvalue weighted by molar-refractivity contribution is 6.07. The predicted octanol–water partition coefficient (Wildman–Crippen LogP) is 2.99. The molecule has 0 aromatic heterocycles. The normalized spacial score (nSPS) is 15.0. The Kier molecular flexibility index (Phi) is 3.64. The van der Waals surface area contributed by atoms with E-state index in [1.807, 2.05) is 13.8 Å². The van der Waals surface area contributed by atoms with Crippen molar-refractivity contribution in [2.75, 3.05) is 5.32 Å². The average molecular weight is 312 g/mol. The number of carbonyl (C=O) groups is 2. The molecule has 1 heterocycles. The fourth-order valence-electron chi connectivity index (χ4n) is 2.60. The van der Waals surface area contributed by atoms with Gasteiger partial charge >= 0.3 is 0 Å². The minimum Gasteiger partial charge on any atom is -0.348 e. The van der Waals surface area contributed by atoms with E-state index in [9.17, 15) is 14.0 Å². The number of amides is 2. The van der Waals surface area contributed by atoms with Crippen molar-refractivity contribution in [2.45, 2.75) is 25.8 Å². The van der Waals surface area contributed by atoms with Gasteiger partial charge in [0.15, 0.2) is 0 Å². The summed E-state index contributed by atoms with van der Waals surface area (Å²) in [5, 5.41) is 5.61. The summed E-state index contributed by atoms with van der Waals surface area (Å²) >= 11 is 0. The van der Waals surface area contributed by atoms with Crippen molar-refractivity contribution in [3.8, 4) is 0 Å². The summed E-state index contributed by atoms with van der Waals surface area (Å²) in [4.78, 5) is 24.2. The highest BCUT2D eigenvalue weighted by Crippen LogP contribution is 2.37. The van der Waals surface area contributed by atoms with Gasteiger partial charge < -0.3 is 10.6 Å². The van der Waals surface area contributed by atoms with Crippen molar-refractivity contribution in [2.24, 2.45) is 0 Å². The zero-order chi connectivity index (χ0) is 16.6. The Labute approximate surface area is 133 Å². The lowest BCUT2D eigenvalue weighted by molar-refractivity contribution is -0.119. The van der Waals surface area contributed by atoms with Gasteiger partial charge in [-0.15, -0.1) is 0 Å². The van der Waals surface area contributed by atoms with Crippen LogP contribution < -0.4 is 10.6 Å². The smallest absolute Gasteiger partial charge is 0.251 e. The molecular formula is C18H17FN2O2. The second kappa shape index (κ2) is 5.50. The molecule has 0 saturated heterocycles. The van der Waals surface area contributed by atoms with E-state index in [2.05, 4.69) is 10.6 Å². The molecule has 23 heavy (non-hydrogen) atoms. The Morgan fingerprint density at radius 1 is 1.17 bits per heavy atom. The first-order valence-corrected chi connectivity index (χ1v) is 7.36. The second-order valence-corrected chi connectivity index (χ2v) is 6.15. The molecule has 2 amide bonds. The fraction of sp³-hybridized carbons (Fsp3) is 0.222. The molecule has 2 aromatic carbocycles. The van der Waals surface area contributed by atoms with E-state index >= 15 is 0 Å². The number of benzene rings is 2. The number of fused-ring (bicyclic) bond motifs is 1. The molecule has 0 unspecified atom stereocenters. The molecular weight excluding hydrogens is 295 g/mol. The van der Waals surface area contributed by atoms with E-state index in [-0.39, 0.29) is 17.6 Å². The summed E-state index contributed by atoms with van der Waals surface area (Å²) in [6.07, 6.45) is 0. The van der Waals surface area contributed by atoms with Gasteiger partial charge in [0, 0.05) is 17.8 Å². The highest BCUT2D eigenvalue weighted by atomic mass is 19.1. The van der Waals surface area contributed by atoms with Crippen LogP contribution in [-0.2, 0) is 16.8 Å². The Morgan fingerprint density at radius 2 is 1.87 bits per heavy atom. The first-order chi connectivity index (χ1) is 10.9. The number of hydrogen-bond donors (Lipinski definition) is 2. The summed E-state index contributed by atoms with van der Waals surface area (Å²) in [6, 6.07) is 11.1. The Bertz CT molecular complexity index is 782. The van der Waals surface area contributed by atoms with Crippen molar-refractivity contribution in [1.82, 2.24) is 5.32 Å². The van der Waals surface area contributed by atoms with E-state index in [1.54, 1.807) is 30.3 Å². The van der Waals surface area contributed by atoms with Crippen LogP contribution in [0.15, 0.2) is 42.5 Å². The third-order valence-electron chi connectivity index (χ3n) is 4.14. The van der Waals surface area contributed by atoms with Gasteiger partial charge in [-0.05, 0) is 55.3 Å². The van der Waals surface area contributed by atoms with Gasteiger partial charge in [-0.25, -0.2) is 4.39 Å². The molecule has 1 aliphatic rings. The molecule has 4 nitrogen and oxygen atoms in total. The maximum absolute atomic E-state index is 12.9. The molecule has 0 atom stereocenters. The molecule has 0 bridgehead atoms. The highest BCUT2D eigenvalue weighted by Gasteiger charge is 2.38. The minimum atomic E-state index is -0.650. The third kappa shape index (κ3) is 2.82. The van der Waals surface area contributed by atoms with E-state index in [0.717, 1.165) is 16.8 Å². The van der Waals surface area contributed by atoms with Gasteiger partial charge in [-0.1, -0.05) is 12.1 Å². The van der Waals surface area contributed by atoms with Crippen molar-refractivity contribution < 1.29 is 14.0 Å². The number of anilines is 1. The van der Waals surface area contributed by atoms with Gasteiger partial charge in [0.2, 0.25) is 5.91 Å². The Balaban J connectivity index is 1.75. The van der Waals surface area contributed by atoms with Crippen LogP contribution in [0.1, 0.15) is 35.3 Å². The third-order valence-corrected chi connectivity index (χ3v) is 4.14. The molecule has 1 aliphatic heterocycles. The fourth-order valence-corrected chi connectivity index (χ4v) is 2.60. The zero-order valence-electron chi connectivity index (χ0n) is 12.9. The van der Waals surface area contributed by atoms with Crippen LogP contribution in [0.25, 0.3) is 0 Å². The summed E-state index contributed by atoms with van der Waals surface area (Å²) in [6.45, 7) is 3.97. The molecule has 5 heteroatoms. The Hall–Kier alpha value is -2.69. The number of halogens is 1. The average Bonchev–Trinajstić information content (AvgIpc) is 2.76. The van der Waals surface area contributed by atoms with Gasteiger partial charge in [-0.2, -0.15) is 0 Å². The van der Waals surface area contributed by atoms with Crippen LogP contribution in [0.2, 0.25) is 0 Å². The maximum Gasteiger partial charge on any atom is 0.251 e. The summed E-state index contributed by atoms with van der Waals surface area (Å²) in [5.74, 6) is -0.609. The molecule has 118 valence electrons. The van der Waals surface area contributed by atoms with Crippen molar-refractivity contribution in [1.29, 1.82) is 0 Å². The summed E-state index contributed by atoms with van der Waals surface area (Å²) < 4.78 is 12.9. The van der Waals surface area contributed by atoms with Crippen LogP contribution in [0.4, 0.5) is 10.1 Å². The molecule has 3 rings (SSSR count). The van der Waals surface area contributed by atoms with E-state index in [1.165, 1.54) is 12.1 Å². The Morgan fingerprint density at radius 3 is 2.57 bits per heavy atom. The van der Waals surface area contributed by atoms with Crippen molar-refractivity contribution in [3.05, 3.63) is 65.0 Å². The first-order valence-electron chi connectivity index (χ1n) is 7.36. The van der Waals surface area contributed by atoms with E-state index in [4.69, 9.17) is 0 Å². The largest absolute Gasteiger partial charge is 0.348 e. The van der Waals surface area contributed by atoms with E-state index in [0.29, 0.717) is 12.1 Å². The molecule has 0 radical (unpaired) electrons. The summed E-state index contributed by atoms with van der Waals surface area (Å²) in [5.41, 5.74) is 2.23. The van der Waals surface area contributed by atoms with Gasteiger partial charge in [0.25, 0.3) is 5.91 Å². The van der Waals surface area contributed by atoms with Crippen LogP contribution in [0.3, 0.4) is 0 Å². The van der Waals surface area contributed by atoms with Crippen molar-refractivity contribution >= 4 is 17.5 Å². The summed E-state index contributed by atoms with van der Waals surface area (Å²) in [7, 11) is 0. The molecule has 0 spiro atoms. The number of rotatable bonds is 3. The number of carbonyl (C=O) groups excluding carboxylic acids is 2. The molecule has 2 aromatic rings. The van der Waals surface area contributed by atoms with Gasteiger partial charge in [0.1, 0.15) is 5.82 Å². The molecule has 0 aliphatic carbocycles. The molecule has 2 N–H and O–H groups in total. The van der Waals surface area contributed by atoms with E-state index < -0.39 is 5.41 Å². The van der Waals surface area contributed by atoms with Crippen molar-refractivity contribution in [3.63, 3.8) is 0 Å². The quantitative estimate of drug-likeness (QED) is 0.915. The number of hydrogen-bond acceptors (Lipinski definition) is 2. The predicted molar refractivity (Wildman–Crippen MR) is 85.7 cm³/mol. The van der Waals surface area contributed by atoms with Gasteiger partial charge in [0.05, 0.1) is 5.41 Å². The topological polar surface area (TPSA) is 58.2 Å². The number of nitrogens with one attached hydrogen (secondary N) is 2. The standard InChI is InChI=1S/C18H17FN2O2/c1-18(2)14-9-12(5-8-15(14)21-17(18)23)16(22)20-10-11-3-6-13(19)7-4-11/h3-9H,10H2,1-2H3,(H,20,22)(H,21,23). The first kappa shape index (κ1) is 15.2. The maximum atomic E-state index is 12.9. The molecule has 0 fully saturated rings. The monoisotopic (exact) mass is 312 g/mol. The lowest BCUT2D eigenvalue weighted by atomic mass is 9.85. The van der Waals surface area contributed by atoms with Gasteiger partial charge in [-0.3, -0.25) is 9.59 Å². The van der Waals surface area contributed by atoms with Crippen LogP contribution in [0.5, 0.6) is 0 Å². The second-order valence-electron chi connectivity index (χ2n) is 6.15. The lowest BCUT2D eigenvalue weighted by Crippen LogP contribution is -2.27. The molecule has 0 saturated carbocycles. The van der Waals surface area contributed by atoms with Crippen LogP contribution in [0, 0.1) is 5.82 Å².